The van der Waals surface area contributed by atoms with Gasteiger partial charge in [-0.1, -0.05) is 39.0 Å². The SMILES string of the molecule is CC1CCC(CN2CC(=O)NC3(CCCCC3)C2=O)CC1. The van der Waals surface area contributed by atoms with E-state index in [-0.39, 0.29) is 18.4 Å². The van der Waals surface area contributed by atoms with Crippen molar-refractivity contribution in [2.45, 2.75) is 70.3 Å². The van der Waals surface area contributed by atoms with E-state index in [1.165, 1.54) is 32.1 Å². The van der Waals surface area contributed by atoms with Crippen molar-refractivity contribution in [1.29, 1.82) is 0 Å². The minimum atomic E-state index is -0.560. The molecule has 3 aliphatic rings. The molecule has 1 N–H and O–H groups in total. The summed E-state index contributed by atoms with van der Waals surface area (Å²) >= 11 is 0. The van der Waals surface area contributed by atoms with Gasteiger partial charge < -0.3 is 10.2 Å². The summed E-state index contributed by atoms with van der Waals surface area (Å²) in [7, 11) is 0. The number of piperazine rings is 1. The Kier molecular flexibility index (Phi) is 4.23. The van der Waals surface area contributed by atoms with E-state index in [2.05, 4.69) is 12.2 Å². The first-order chi connectivity index (χ1) is 10.1. The Labute approximate surface area is 127 Å². The fourth-order valence-corrected chi connectivity index (χ4v) is 4.37. The van der Waals surface area contributed by atoms with Crippen molar-refractivity contribution in [3.8, 4) is 0 Å². The summed E-state index contributed by atoms with van der Waals surface area (Å²) in [5.41, 5.74) is -0.560. The lowest BCUT2D eigenvalue weighted by Crippen LogP contribution is -2.67. The zero-order chi connectivity index (χ0) is 14.9. The normalized spacial score (nSPS) is 33.1. The van der Waals surface area contributed by atoms with E-state index in [0.717, 1.165) is 38.1 Å². The molecule has 4 nitrogen and oxygen atoms in total. The maximum Gasteiger partial charge on any atom is 0.248 e. The molecule has 1 heterocycles. The van der Waals surface area contributed by atoms with Gasteiger partial charge in [0.2, 0.25) is 11.8 Å². The van der Waals surface area contributed by atoms with Gasteiger partial charge in [0, 0.05) is 6.54 Å². The molecule has 0 aromatic heterocycles. The molecule has 0 aromatic carbocycles. The first kappa shape index (κ1) is 14.9. The van der Waals surface area contributed by atoms with E-state index in [1.54, 1.807) is 0 Å². The minimum Gasteiger partial charge on any atom is -0.340 e. The smallest absolute Gasteiger partial charge is 0.248 e. The molecule has 4 heteroatoms. The number of amides is 2. The zero-order valence-electron chi connectivity index (χ0n) is 13.2. The molecule has 0 bridgehead atoms. The van der Waals surface area contributed by atoms with E-state index in [0.29, 0.717) is 5.92 Å². The summed E-state index contributed by atoms with van der Waals surface area (Å²) in [5.74, 6) is 1.66. The second kappa shape index (κ2) is 5.98. The van der Waals surface area contributed by atoms with E-state index >= 15 is 0 Å². The number of nitrogens with one attached hydrogen (secondary N) is 1. The second-order valence-electron chi connectivity index (χ2n) is 7.50. The Bertz CT molecular complexity index is 407. The number of nitrogens with zero attached hydrogens (tertiary/aromatic N) is 1. The largest absolute Gasteiger partial charge is 0.340 e. The monoisotopic (exact) mass is 292 g/mol. The van der Waals surface area contributed by atoms with Crippen molar-refractivity contribution in [3.05, 3.63) is 0 Å². The lowest BCUT2D eigenvalue weighted by Gasteiger charge is -2.45. The second-order valence-corrected chi connectivity index (χ2v) is 7.50. The maximum atomic E-state index is 12.9. The van der Waals surface area contributed by atoms with Gasteiger partial charge in [-0.05, 0) is 37.5 Å². The highest BCUT2D eigenvalue weighted by Gasteiger charge is 2.47. The van der Waals surface area contributed by atoms with Crippen molar-refractivity contribution in [2.24, 2.45) is 11.8 Å². The van der Waals surface area contributed by atoms with Crippen molar-refractivity contribution in [1.82, 2.24) is 10.2 Å². The average Bonchev–Trinajstić information content (AvgIpc) is 2.48. The number of carbonyl (C=O) groups excluding carboxylic acids is 2. The summed E-state index contributed by atoms with van der Waals surface area (Å²) in [6, 6.07) is 0. The van der Waals surface area contributed by atoms with Crippen molar-refractivity contribution < 1.29 is 9.59 Å². The molecule has 21 heavy (non-hydrogen) atoms. The molecule has 0 radical (unpaired) electrons. The Morgan fingerprint density at radius 1 is 1.10 bits per heavy atom. The quantitative estimate of drug-likeness (QED) is 0.850. The van der Waals surface area contributed by atoms with Gasteiger partial charge in [0.25, 0.3) is 0 Å². The van der Waals surface area contributed by atoms with Gasteiger partial charge in [0.15, 0.2) is 0 Å². The third-order valence-corrected chi connectivity index (χ3v) is 5.73. The fraction of sp³-hybridized carbons (Fsp3) is 0.882. The topological polar surface area (TPSA) is 49.4 Å². The van der Waals surface area contributed by atoms with Gasteiger partial charge in [-0.3, -0.25) is 9.59 Å². The van der Waals surface area contributed by atoms with Crippen molar-refractivity contribution >= 4 is 11.8 Å². The third-order valence-electron chi connectivity index (χ3n) is 5.73. The zero-order valence-corrected chi connectivity index (χ0v) is 13.2. The van der Waals surface area contributed by atoms with Crippen molar-refractivity contribution in [3.63, 3.8) is 0 Å². The van der Waals surface area contributed by atoms with Crippen LogP contribution >= 0.6 is 0 Å². The first-order valence-corrected chi connectivity index (χ1v) is 8.69. The highest BCUT2D eigenvalue weighted by molar-refractivity contribution is 5.98. The van der Waals surface area contributed by atoms with Gasteiger partial charge in [0.05, 0.1) is 6.54 Å². The van der Waals surface area contributed by atoms with Crippen LogP contribution in [0.1, 0.15) is 64.7 Å². The fourth-order valence-electron chi connectivity index (χ4n) is 4.37. The predicted molar refractivity (Wildman–Crippen MR) is 81.7 cm³/mol. The van der Waals surface area contributed by atoms with Crippen LogP contribution in [0.15, 0.2) is 0 Å². The molecular weight excluding hydrogens is 264 g/mol. The van der Waals surface area contributed by atoms with Gasteiger partial charge in [-0.2, -0.15) is 0 Å². The molecule has 1 aliphatic heterocycles. The molecule has 3 rings (SSSR count). The Morgan fingerprint density at radius 2 is 1.76 bits per heavy atom. The Balaban J connectivity index is 1.66. The molecule has 2 saturated carbocycles. The van der Waals surface area contributed by atoms with Gasteiger partial charge in [-0.25, -0.2) is 0 Å². The summed E-state index contributed by atoms with van der Waals surface area (Å²) in [4.78, 5) is 26.8. The highest BCUT2D eigenvalue weighted by Crippen LogP contribution is 2.34. The standard InChI is InChI=1S/C17H28N2O2/c1-13-5-7-14(8-6-13)11-19-12-15(20)18-17(16(19)21)9-3-2-4-10-17/h13-14H,2-12H2,1H3,(H,18,20). The predicted octanol–water partition coefficient (Wildman–Crippen LogP) is 2.47. The van der Waals surface area contributed by atoms with Crippen molar-refractivity contribution in [2.75, 3.05) is 13.1 Å². The maximum absolute atomic E-state index is 12.9. The van der Waals surface area contributed by atoms with E-state index in [9.17, 15) is 9.59 Å². The summed E-state index contributed by atoms with van der Waals surface area (Å²) in [5, 5.41) is 3.03. The molecule has 2 aliphatic carbocycles. The van der Waals surface area contributed by atoms with Gasteiger partial charge in [0.1, 0.15) is 5.54 Å². The number of carbonyl (C=O) groups is 2. The lowest BCUT2D eigenvalue weighted by atomic mass is 9.78. The van der Waals surface area contributed by atoms with E-state index in [4.69, 9.17) is 0 Å². The van der Waals surface area contributed by atoms with Crippen LogP contribution in [0.4, 0.5) is 0 Å². The lowest BCUT2D eigenvalue weighted by molar-refractivity contribution is -0.152. The van der Waals surface area contributed by atoms with Gasteiger partial charge in [-0.15, -0.1) is 0 Å². The molecular formula is C17H28N2O2. The summed E-state index contributed by atoms with van der Waals surface area (Å²) < 4.78 is 0. The number of hydrogen-bond acceptors (Lipinski definition) is 2. The van der Waals surface area contributed by atoms with Crippen LogP contribution in [0, 0.1) is 11.8 Å². The molecule has 3 fully saturated rings. The van der Waals surface area contributed by atoms with Crippen LogP contribution in [0.25, 0.3) is 0 Å². The van der Waals surface area contributed by atoms with Crippen LogP contribution in [0.3, 0.4) is 0 Å². The molecule has 118 valence electrons. The Morgan fingerprint density at radius 3 is 2.43 bits per heavy atom. The van der Waals surface area contributed by atoms with Crippen LogP contribution < -0.4 is 5.32 Å². The third kappa shape index (κ3) is 3.09. The molecule has 1 spiro atoms. The molecule has 2 amide bonds. The van der Waals surface area contributed by atoms with Gasteiger partial charge >= 0.3 is 0 Å². The Hall–Kier alpha value is -1.06. The minimum absolute atomic E-state index is 0.0423. The molecule has 0 atom stereocenters. The molecule has 0 aromatic rings. The highest BCUT2D eigenvalue weighted by atomic mass is 16.2. The van der Waals surface area contributed by atoms with E-state index in [1.807, 2.05) is 4.90 Å². The van der Waals surface area contributed by atoms with Crippen LogP contribution in [-0.2, 0) is 9.59 Å². The van der Waals surface area contributed by atoms with Crippen LogP contribution in [0.5, 0.6) is 0 Å². The summed E-state index contributed by atoms with van der Waals surface area (Å²) in [6.45, 7) is 3.38. The number of rotatable bonds is 2. The number of hydrogen-bond donors (Lipinski definition) is 1. The summed E-state index contributed by atoms with van der Waals surface area (Å²) in [6.07, 6.45) is 9.91. The van der Waals surface area contributed by atoms with E-state index < -0.39 is 5.54 Å². The first-order valence-electron chi connectivity index (χ1n) is 8.69. The molecule has 1 saturated heterocycles. The van der Waals surface area contributed by atoms with Crippen LogP contribution in [0.2, 0.25) is 0 Å². The average molecular weight is 292 g/mol. The van der Waals surface area contributed by atoms with Crippen LogP contribution in [-0.4, -0.2) is 35.3 Å². The molecule has 0 unspecified atom stereocenters.